The number of para-hydroxylation sites is 1. The molecule has 2 rings (SSSR count). The van der Waals surface area contributed by atoms with E-state index in [1.165, 1.54) is 19.3 Å². The highest BCUT2D eigenvalue weighted by Crippen LogP contribution is 2.24. The average molecular weight is 258 g/mol. The first-order valence-corrected chi connectivity index (χ1v) is 6.92. The van der Waals surface area contributed by atoms with E-state index in [9.17, 15) is 0 Å². The average Bonchev–Trinajstić information content (AvgIpc) is 2.46. The van der Waals surface area contributed by atoms with Crippen LogP contribution in [0.15, 0.2) is 24.3 Å². The van der Waals surface area contributed by atoms with Crippen LogP contribution in [0.25, 0.3) is 10.9 Å². The van der Waals surface area contributed by atoms with Gasteiger partial charge in [-0.2, -0.15) is 4.98 Å². The number of nitrogens with zero attached hydrogens (tertiary/aromatic N) is 3. The second-order valence-corrected chi connectivity index (χ2v) is 4.77. The normalized spacial score (nSPS) is 10.7. The molecule has 4 nitrogen and oxygen atoms in total. The molecule has 102 valence electrons. The fraction of sp³-hybridized carbons (Fsp3) is 0.467. The zero-order chi connectivity index (χ0) is 13.7. The fourth-order valence-corrected chi connectivity index (χ4v) is 2.17. The van der Waals surface area contributed by atoms with Crippen molar-refractivity contribution in [1.82, 2.24) is 9.97 Å². The van der Waals surface area contributed by atoms with E-state index in [4.69, 9.17) is 0 Å². The first-order chi connectivity index (χ1) is 9.26. The van der Waals surface area contributed by atoms with E-state index in [1.54, 1.807) is 0 Å². The van der Waals surface area contributed by atoms with E-state index in [0.717, 1.165) is 23.3 Å². The molecule has 19 heavy (non-hydrogen) atoms. The summed E-state index contributed by atoms with van der Waals surface area (Å²) >= 11 is 0. The minimum absolute atomic E-state index is 0.677. The van der Waals surface area contributed by atoms with Gasteiger partial charge in [-0.3, -0.25) is 0 Å². The van der Waals surface area contributed by atoms with Crippen LogP contribution in [-0.4, -0.2) is 30.6 Å². The summed E-state index contributed by atoms with van der Waals surface area (Å²) in [7, 11) is 3.95. The van der Waals surface area contributed by atoms with Crippen LogP contribution in [0.3, 0.4) is 0 Å². The Hall–Kier alpha value is -1.84. The molecule has 0 aliphatic carbocycles. The smallest absolute Gasteiger partial charge is 0.224 e. The number of nitrogens with one attached hydrogen (secondary N) is 1. The molecule has 0 spiro atoms. The molecule has 1 aromatic heterocycles. The van der Waals surface area contributed by atoms with Crippen molar-refractivity contribution >= 4 is 22.7 Å². The van der Waals surface area contributed by atoms with Crippen molar-refractivity contribution in [3.8, 4) is 0 Å². The quantitative estimate of drug-likeness (QED) is 0.807. The standard InChI is InChI=1S/C15H22N4/c1-4-5-8-11-19(3)14-12-9-6-7-10-13(12)17-15(16-2)18-14/h6-7,9-10H,4-5,8,11H2,1-3H3,(H,16,17,18). The molecule has 2 aromatic rings. The Morgan fingerprint density at radius 3 is 2.68 bits per heavy atom. The lowest BCUT2D eigenvalue weighted by molar-refractivity contribution is 0.702. The van der Waals surface area contributed by atoms with Crippen LogP contribution in [-0.2, 0) is 0 Å². The van der Waals surface area contributed by atoms with E-state index < -0.39 is 0 Å². The van der Waals surface area contributed by atoms with Crippen LogP contribution >= 0.6 is 0 Å². The molecule has 0 saturated carbocycles. The first-order valence-electron chi connectivity index (χ1n) is 6.92. The molecular weight excluding hydrogens is 236 g/mol. The Balaban J connectivity index is 2.34. The van der Waals surface area contributed by atoms with E-state index in [1.807, 2.05) is 25.2 Å². The number of unbranched alkanes of at least 4 members (excludes halogenated alkanes) is 2. The van der Waals surface area contributed by atoms with Crippen LogP contribution in [0.4, 0.5) is 11.8 Å². The SMILES string of the molecule is CCCCCN(C)c1nc(NC)nc2ccccc12. The van der Waals surface area contributed by atoms with Gasteiger partial charge in [-0.15, -0.1) is 0 Å². The van der Waals surface area contributed by atoms with Gasteiger partial charge in [0.1, 0.15) is 5.82 Å². The summed E-state index contributed by atoms with van der Waals surface area (Å²) in [6.45, 7) is 3.25. The zero-order valence-corrected chi connectivity index (χ0v) is 12.0. The van der Waals surface area contributed by atoms with Crippen molar-refractivity contribution in [3.63, 3.8) is 0 Å². The van der Waals surface area contributed by atoms with Gasteiger partial charge >= 0.3 is 0 Å². The summed E-state index contributed by atoms with van der Waals surface area (Å²) in [4.78, 5) is 11.3. The number of hydrogen-bond donors (Lipinski definition) is 1. The number of aromatic nitrogens is 2. The molecule has 0 radical (unpaired) electrons. The molecule has 0 fully saturated rings. The van der Waals surface area contributed by atoms with Gasteiger partial charge in [-0.05, 0) is 18.6 Å². The van der Waals surface area contributed by atoms with Crippen LogP contribution < -0.4 is 10.2 Å². The Morgan fingerprint density at radius 2 is 1.95 bits per heavy atom. The Bertz CT molecular complexity index is 539. The first kappa shape index (κ1) is 13.6. The van der Waals surface area contributed by atoms with Crippen molar-refractivity contribution in [2.24, 2.45) is 0 Å². The maximum atomic E-state index is 4.60. The number of benzene rings is 1. The van der Waals surface area contributed by atoms with E-state index >= 15 is 0 Å². The van der Waals surface area contributed by atoms with Gasteiger partial charge in [0, 0.05) is 26.0 Å². The third kappa shape index (κ3) is 3.13. The molecule has 1 aromatic carbocycles. The van der Waals surface area contributed by atoms with Crippen LogP contribution in [0.5, 0.6) is 0 Å². The Kier molecular flexibility index (Phi) is 4.55. The molecule has 0 aliphatic rings. The van der Waals surface area contributed by atoms with Crippen LogP contribution in [0.2, 0.25) is 0 Å². The lowest BCUT2D eigenvalue weighted by Crippen LogP contribution is -2.20. The van der Waals surface area contributed by atoms with Crippen molar-refractivity contribution in [2.75, 3.05) is 30.9 Å². The molecule has 0 amide bonds. The third-order valence-electron chi connectivity index (χ3n) is 3.27. The molecule has 0 bridgehead atoms. The maximum Gasteiger partial charge on any atom is 0.224 e. The van der Waals surface area contributed by atoms with Gasteiger partial charge in [0.2, 0.25) is 5.95 Å². The van der Waals surface area contributed by atoms with E-state index in [-0.39, 0.29) is 0 Å². The summed E-state index contributed by atoms with van der Waals surface area (Å²) in [5, 5.41) is 4.14. The highest BCUT2D eigenvalue weighted by molar-refractivity contribution is 5.90. The molecule has 1 N–H and O–H groups in total. The summed E-state index contributed by atoms with van der Waals surface area (Å²) in [5.41, 5.74) is 0.985. The summed E-state index contributed by atoms with van der Waals surface area (Å²) < 4.78 is 0. The van der Waals surface area contributed by atoms with Gasteiger partial charge in [0.15, 0.2) is 0 Å². The van der Waals surface area contributed by atoms with Crippen molar-refractivity contribution < 1.29 is 0 Å². The van der Waals surface area contributed by atoms with Gasteiger partial charge < -0.3 is 10.2 Å². The van der Waals surface area contributed by atoms with Crippen LogP contribution in [0.1, 0.15) is 26.2 Å². The number of anilines is 2. The summed E-state index contributed by atoms with van der Waals surface area (Å²) in [5.74, 6) is 1.68. The van der Waals surface area contributed by atoms with Crippen molar-refractivity contribution in [2.45, 2.75) is 26.2 Å². The Morgan fingerprint density at radius 1 is 1.16 bits per heavy atom. The number of fused-ring (bicyclic) bond motifs is 1. The number of rotatable bonds is 6. The summed E-state index contributed by atoms with van der Waals surface area (Å²) in [6.07, 6.45) is 3.69. The van der Waals surface area contributed by atoms with E-state index in [2.05, 4.69) is 40.2 Å². The molecule has 0 saturated heterocycles. The molecule has 1 heterocycles. The third-order valence-corrected chi connectivity index (χ3v) is 3.27. The lowest BCUT2D eigenvalue weighted by atomic mass is 10.2. The zero-order valence-electron chi connectivity index (χ0n) is 12.0. The van der Waals surface area contributed by atoms with Gasteiger partial charge in [0.25, 0.3) is 0 Å². The second kappa shape index (κ2) is 6.36. The monoisotopic (exact) mass is 258 g/mol. The minimum Gasteiger partial charge on any atom is -0.359 e. The topological polar surface area (TPSA) is 41.1 Å². The summed E-state index contributed by atoms with van der Waals surface area (Å²) in [6, 6.07) is 8.16. The van der Waals surface area contributed by atoms with Gasteiger partial charge in [0.05, 0.1) is 5.52 Å². The predicted molar refractivity (Wildman–Crippen MR) is 81.9 cm³/mol. The number of hydrogen-bond acceptors (Lipinski definition) is 4. The Labute approximate surface area is 114 Å². The van der Waals surface area contributed by atoms with E-state index in [0.29, 0.717) is 5.95 Å². The van der Waals surface area contributed by atoms with Gasteiger partial charge in [-0.1, -0.05) is 31.9 Å². The fourth-order valence-electron chi connectivity index (χ4n) is 2.17. The molecule has 4 heteroatoms. The minimum atomic E-state index is 0.677. The molecule has 0 aliphatic heterocycles. The molecule has 0 atom stereocenters. The van der Waals surface area contributed by atoms with Crippen molar-refractivity contribution in [1.29, 1.82) is 0 Å². The highest BCUT2D eigenvalue weighted by Gasteiger charge is 2.10. The molecule has 0 unspecified atom stereocenters. The second-order valence-electron chi connectivity index (χ2n) is 4.77. The predicted octanol–water partition coefficient (Wildman–Crippen LogP) is 3.30. The largest absolute Gasteiger partial charge is 0.359 e. The van der Waals surface area contributed by atoms with Crippen LogP contribution in [0, 0.1) is 0 Å². The van der Waals surface area contributed by atoms with Gasteiger partial charge in [-0.25, -0.2) is 4.98 Å². The van der Waals surface area contributed by atoms with Crippen molar-refractivity contribution in [3.05, 3.63) is 24.3 Å². The highest BCUT2D eigenvalue weighted by atomic mass is 15.2. The maximum absolute atomic E-state index is 4.60. The lowest BCUT2D eigenvalue weighted by Gasteiger charge is -2.20. The molecular formula is C15H22N4.